The van der Waals surface area contributed by atoms with Crippen molar-refractivity contribution in [1.82, 2.24) is 9.80 Å². The normalized spacial score (nSPS) is 11.2. The summed E-state index contributed by atoms with van der Waals surface area (Å²) in [5.41, 5.74) is 3.79. The molecule has 0 saturated heterocycles. The molecular weight excluding hydrogens is 539 g/mol. The molecule has 6 heteroatoms. The third kappa shape index (κ3) is 9.26. The molecule has 0 spiro atoms. The second-order valence-corrected chi connectivity index (χ2v) is 10.1. The number of hydrogen-bond acceptors (Lipinski definition) is 2. The smallest absolute Gasteiger partial charge is 0.246 e. The van der Waals surface area contributed by atoms with Crippen molar-refractivity contribution in [3.8, 4) is 0 Å². The Bertz CT molecular complexity index is 1320. The number of hydrogen-bond donors (Lipinski definition) is 0. The van der Waals surface area contributed by atoms with Crippen molar-refractivity contribution in [1.29, 1.82) is 0 Å². The summed E-state index contributed by atoms with van der Waals surface area (Å²) < 4.78 is 0. The summed E-state index contributed by atoms with van der Waals surface area (Å²) in [5, 5.41) is 1.28. The van der Waals surface area contributed by atoms with Crippen LogP contribution in [-0.4, -0.2) is 34.7 Å². The molecule has 0 saturated carbocycles. The molecule has 0 heterocycles. The zero-order valence-electron chi connectivity index (χ0n) is 22.0. The Labute approximate surface area is 245 Å². The minimum atomic E-state index is -0.136. The Morgan fingerprint density at radius 2 is 0.875 bits per heavy atom. The predicted octanol–water partition coefficient (Wildman–Crippen LogP) is 7.78. The Kier molecular flexibility index (Phi) is 10.7. The third-order valence-electron chi connectivity index (χ3n) is 6.27. The van der Waals surface area contributed by atoms with Gasteiger partial charge in [-0.1, -0.05) is 108 Å². The number of rotatable bonds is 11. The zero-order chi connectivity index (χ0) is 28.2. The predicted molar refractivity (Wildman–Crippen MR) is 165 cm³/mol. The third-order valence-corrected chi connectivity index (χ3v) is 6.78. The molecule has 202 valence electrons. The van der Waals surface area contributed by atoms with Crippen molar-refractivity contribution in [2.75, 3.05) is 13.1 Å². The van der Waals surface area contributed by atoms with Gasteiger partial charge in [-0.05, 0) is 58.7 Å². The van der Waals surface area contributed by atoms with Crippen molar-refractivity contribution in [2.45, 2.75) is 13.1 Å². The van der Waals surface area contributed by atoms with Crippen molar-refractivity contribution >= 4 is 47.2 Å². The number of carbonyl (C=O) groups excluding carboxylic acids is 2. The summed E-state index contributed by atoms with van der Waals surface area (Å²) in [4.78, 5) is 30.2. The van der Waals surface area contributed by atoms with E-state index >= 15 is 0 Å². The molecule has 4 aromatic carbocycles. The lowest BCUT2D eigenvalue weighted by molar-refractivity contribution is -0.130. The average molecular weight is 570 g/mol. The first-order chi connectivity index (χ1) is 19.5. The maximum absolute atomic E-state index is 13.4. The van der Waals surface area contributed by atoms with Crippen LogP contribution in [0.2, 0.25) is 10.0 Å². The highest BCUT2D eigenvalue weighted by Gasteiger charge is 2.17. The topological polar surface area (TPSA) is 40.6 Å². The van der Waals surface area contributed by atoms with Crippen LogP contribution in [0.25, 0.3) is 12.2 Å². The molecule has 0 fully saturated rings. The molecule has 0 aliphatic carbocycles. The molecular formula is C34H30Cl2N2O2. The van der Waals surface area contributed by atoms with Gasteiger partial charge in [0.2, 0.25) is 11.8 Å². The summed E-state index contributed by atoms with van der Waals surface area (Å²) in [6, 6.07) is 34.3. The van der Waals surface area contributed by atoms with Gasteiger partial charge in [0, 0.05) is 48.4 Å². The van der Waals surface area contributed by atoms with Crippen LogP contribution < -0.4 is 0 Å². The van der Waals surface area contributed by atoms with Crippen LogP contribution in [0.1, 0.15) is 22.3 Å². The van der Waals surface area contributed by atoms with E-state index in [1.54, 1.807) is 58.4 Å². The molecule has 4 nitrogen and oxygen atoms in total. The van der Waals surface area contributed by atoms with E-state index in [0.717, 1.165) is 22.3 Å². The highest BCUT2D eigenvalue weighted by molar-refractivity contribution is 6.30. The average Bonchev–Trinajstić information content (AvgIpc) is 2.98. The monoisotopic (exact) mass is 568 g/mol. The van der Waals surface area contributed by atoms with Crippen molar-refractivity contribution in [3.63, 3.8) is 0 Å². The molecule has 0 unspecified atom stereocenters. The van der Waals surface area contributed by atoms with Crippen LogP contribution in [-0.2, 0) is 22.7 Å². The van der Waals surface area contributed by atoms with Gasteiger partial charge in [-0.2, -0.15) is 0 Å². The minimum Gasteiger partial charge on any atom is -0.333 e. The first kappa shape index (κ1) is 28.9. The summed E-state index contributed by atoms with van der Waals surface area (Å²) in [5.74, 6) is -0.273. The lowest BCUT2D eigenvalue weighted by Gasteiger charge is -2.27. The van der Waals surface area contributed by atoms with Crippen LogP contribution in [0.3, 0.4) is 0 Å². The molecule has 0 radical (unpaired) electrons. The van der Waals surface area contributed by atoms with Gasteiger partial charge < -0.3 is 9.80 Å². The van der Waals surface area contributed by atoms with Crippen LogP contribution in [0.15, 0.2) is 121 Å². The van der Waals surface area contributed by atoms with Crippen molar-refractivity contribution < 1.29 is 9.59 Å². The van der Waals surface area contributed by atoms with Gasteiger partial charge in [-0.25, -0.2) is 0 Å². The fourth-order valence-electron chi connectivity index (χ4n) is 4.08. The second-order valence-electron chi connectivity index (χ2n) is 9.26. The molecule has 40 heavy (non-hydrogen) atoms. The van der Waals surface area contributed by atoms with Gasteiger partial charge in [0.15, 0.2) is 0 Å². The first-order valence-corrected chi connectivity index (χ1v) is 13.7. The SMILES string of the molecule is O=C(/C=C/c1ccc(Cl)cc1)N(CCN(Cc1ccccc1)C(=O)/C=C/c1ccc(Cl)cc1)Cc1ccccc1. The largest absolute Gasteiger partial charge is 0.333 e. The van der Waals surface area contributed by atoms with E-state index in [-0.39, 0.29) is 11.8 Å². The Balaban J connectivity index is 1.52. The van der Waals surface area contributed by atoms with E-state index in [4.69, 9.17) is 23.2 Å². The van der Waals surface area contributed by atoms with Gasteiger partial charge in [0.25, 0.3) is 0 Å². The molecule has 4 rings (SSSR count). The van der Waals surface area contributed by atoms with E-state index in [1.165, 1.54) is 0 Å². The highest BCUT2D eigenvalue weighted by Crippen LogP contribution is 2.14. The molecule has 0 atom stereocenters. The molecule has 0 aromatic heterocycles. The maximum atomic E-state index is 13.4. The molecule has 2 amide bonds. The summed E-state index contributed by atoms with van der Waals surface area (Å²) in [7, 11) is 0. The van der Waals surface area contributed by atoms with Gasteiger partial charge >= 0.3 is 0 Å². The second kappa shape index (κ2) is 14.9. The van der Waals surface area contributed by atoms with E-state index in [2.05, 4.69) is 0 Å². The number of nitrogens with zero attached hydrogens (tertiary/aromatic N) is 2. The fraction of sp³-hybridized carbons (Fsp3) is 0.118. The van der Waals surface area contributed by atoms with Gasteiger partial charge in [0.05, 0.1) is 0 Å². The molecule has 4 aromatic rings. The summed E-state index contributed by atoms with van der Waals surface area (Å²) in [6.07, 6.45) is 6.68. The Morgan fingerprint density at radius 1 is 0.525 bits per heavy atom. The van der Waals surface area contributed by atoms with Crippen LogP contribution >= 0.6 is 23.2 Å². The Morgan fingerprint density at radius 3 is 1.23 bits per heavy atom. The van der Waals surface area contributed by atoms with Crippen molar-refractivity contribution in [2.24, 2.45) is 0 Å². The fourth-order valence-corrected chi connectivity index (χ4v) is 4.33. The van der Waals surface area contributed by atoms with E-state index in [9.17, 15) is 9.59 Å². The molecule has 0 bridgehead atoms. The first-order valence-electron chi connectivity index (χ1n) is 13.0. The molecule has 0 aliphatic rings. The van der Waals surface area contributed by atoms with Crippen molar-refractivity contribution in [3.05, 3.63) is 154 Å². The lowest BCUT2D eigenvalue weighted by atomic mass is 10.1. The molecule has 0 aliphatic heterocycles. The zero-order valence-corrected chi connectivity index (χ0v) is 23.5. The maximum Gasteiger partial charge on any atom is 0.246 e. The van der Waals surface area contributed by atoms with Crippen LogP contribution in [0, 0.1) is 0 Å². The van der Waals surface area contributed by atoms with Gasteiger partial charge in [-0.15, -0.1) is 0 Å². The van der Waals surface area contributed by atoms with E-state index in [1.807, 2.05) is 84.9 Å². The van der Waals surface area contributed by atoms with Gasteiger partial charge in [0.1, 0.15) is 0 Å². The number of halogens is 2. The quantitative estimate of drug-likeness (QED) is 0.173. The number of carbonyl (C=O) groups is 2. The van der Waals surface area contributed by atoms with Crippen LogP contribution in [0.4, 0.5) is 0 Å². The van der Waals surface area contributed by atoms with Gasteiger partial charge in [-0.3, -0.25) is 9.59 Å². The van der Waals surface area contributed by atoms with Crippen LogP contribution in [0.5, 0.6) is 0 Å². The lowest BCUT2D eigenvalue weighted by Crippen LogP contribution is -2.39. The molecule has 0 N–H and O–H groups in total. The van der Waals surface area contributed by atoms with E-state index in [0.29, 0.717) is 36.2 Å². The standard InChI is InChI=1S/C34H30Cl2N2O2/c35-31-17-11-27(12-18-31)15-21-33(39)37(25-29-7-3-1-4-8-29)23-24-38(26-30-9-5-2-6-10-30)34(40)22-16-28-13-19-32(36)20-14-28/h1-22H,23-26H2/b21-15+,22-16+. The minimum absolute atomic E-state index is 0.136. The highest BCUT2D eigenvalue weighted by atomic mass is 35.5. The summed E-state index contributed by atoms with van der Waals surface area (Å²) >= 11 is 12.0. The van der Waals surface area contributed by atoms with E-state index < -0.39 is 0 Å². The Hall–Kier alpha value is -4.12. The number of amides is 2. The summed E-state index contributed by atoms with van der Waals surface area (Å²) in [6.45, 7) is 1.59. The number of benzene rings is 4.